The summed E-state index contributed by atoms with van der Waals surface area (Å²) >= 11 is 0. The van der Waals surface area contributed by atoms with E-state index in [-0.39, 0.29) is 5.56 Å². The maximum atomic E-state index is 11.2. The van der Waals surface area contributed by atoms with Crippen LogP contribution in [0.5, 0.6) is 5.75 Å². The van der Waals surface area contributed by atoms with E-state index < -0.39 is 16.8 Å². The number of aromatic carboxylic acids is 1. The predicted octanol–water partition coefficient (Wildman–Crippen LogP) is 0.828. The summed E-state index contributed by atoms with van der Waals surface area (Å²) in [6.45, 7) is 2.80. The number of carboxylic acids is 1. The van der Waals surface area contributed by atoms with Gasteiger partial charge in [0.1, 0.15) is 17.9 Å². The molecule has 1 aromatic carbocycles. The molecule has 0 aliphatic carbocycles. The number of nitrogens with zero attached hydrogens (tertiary/aromatic N) is 1. The molecular formula is C13H17NO4S. The highest BCUT2D eigenvalue weighted by molar-refractivity contribution is 7.85. The third-order valence-electron chi connectivity index (χ3n) is 3.05. The molecule has 1 fully saturated rings. The summed E-state index contributed by atoms with van der Waals surface area (Å²) in [6, 6.07) is 6.62. The van der Waals surface area contributed by atoms with Gasteiger partial charge in [0.2, 0.25) is 0 Å². The summed E-state index contributed by atoms with van der Waals surface area (Å²) in [5, 5.41) is 9.02. The summed E-state index contributed by atoms with van der Waals surface area (Å²) in [4.78, 5) is 13.2. The van der Waals surface area contributed by atoms with Crippen LogP contribution >= 0.6 is 0 Å². The Hall–Kier alpha value is -1.40. The summed E-state index contributed by atoms with van der Waals surface area (Å²) in [5.41, 5.74) is 0.183. The van der Waals surface area contributed by atoms with Crippen LogP contribution in [0.4, 0.5) is 0 Å². The number of hydrogen-bond acceptors (Lipinski definition) is 4. The molecule has 0 atom stereocenters. The zero-order chi connectivity index (χ0) is 13.7. The molecule has 1 N–H and O–H groups in total. The highest BCUT2D eigenvalue weighted by Gasteiger charge is 2.15. The Morgan fingerprint density at radius 3 is 2.68 bits per heavy atom. The van der Waals surface area contributed by atoms with Gasteiger partial charge in [-0.05, 0) is 12.1 Å². The second-order valence-corrected chi connectivity index (χ2v) is 6.04. The zero-order valence-corrected chi connectivity index (χ0v) is 11.4. The summed E-state index contributed by atoms with van der Waals surface area (Å²) in [5.74, 6) is 0.844. The first kappa shape index (κ1) is 14.0. The van der Waals surface area contributed by atoms with Crippen molar-refractivity contribution >= 4 is 16.8 Å². The van der Waals surface area contributed by atoms with E-state index in [1.54, 1.807) is 18.2 Å². The molecule has 0 bridgehead atoms. The molecule has 19 heavy (non-hydrogen) atoms. The second-order valence-electron chi connectivity index (χ2n) is 4.34. The van der Waals surface area contributed by atoms with Gasteiger partial charge in [0, 0.05) is 41.9 Å². The van der Waals surface area contributed by atoms with Crippen molar-refractivity contribution in [1.82, 2.24) is 4.90 Å². The molecule has 0 saturated carbocycles. The molecule has 1 aliphatic heterocycles. The number of rotatable bonds is 5. The molecule has 0 aromatic heterocycles. The molecule has 1 aliphatic rings. The molecule has 0 radical (unpaired) electrons. The smallest absolute Gasteiger partial charge is 0.339 e. The van der Waals surface area contributed by atoms with E-state index in [1.165, 1.54) is 6.07 Å². The molecule has 1 heterocycles. The third kappa shape index (κ3) is 4.04. The fourth-order valence-corrected chi connectivity index (χ4v) is 3.08. The SMILES string of the molecule is O=C(O)c1ccccc1OCCN1CCS(=O)CC1. The van der Waals surface area contributed by atoms with Gasteiger partial charge in [-0.15, -0.1) is 0 Å². The Morgan fingerprint density at radius 2 is 2.00 bits per heavy atom. The van der Waals surface area contributed by atoms with Crippen LogP contribution in [0.25, 0.3) is 0 Å². The monoisotopic (exact) mass is 283 g/mol. The Labute approximate surface area is 114 Å². The van der Waals surface area contributed by atoms with Gasteiger partial charge in [-0.1, -0.05) is 12.1 Å². The Kier molecular flexibility index (Phi) is 4.93. The van der Waals surface area contributed by atoms with Crippen molar-refractivity contribution in [2.24, 2.45) is 0 Å². The van der Waals surface area contributed by atoms with Gasteiger partial charge < -0.3 is 9.84 Å². The molecule has 0 unspecified atom stereocenters. The number of hydrogen-bond donors (Lipinski definition) is 1. The lowest BCUT2D eigenvalue weighted by Gasteiger charge is -2.25. The Balaban J connectivity index is 1.83. The molecule has 0 amide bonds. The number of carboxylic acid groups (broad SMARTS) is 1. The van der Waals surface area contributed by atoms with E-state index in [0.717, 1.165) is 19.6 Å². The van der Waals surface area contributed by atoms with Gasteiger partial charge in [-0.25, -0.2) is 4.79 Å². The van der Waals surface area contributed by atoms with Crippen LogP contribution < -0.4 is 4.74 Å². The second kappa shape index (κ2) is 6.68. The van der Waals surface area contributed by atoms with Gasteiger partial charge in [0.05, 0.1) is 0 Å². The van der Waals surface area contributed by atoms with E-state index in [0.29, 0.717) is 23.9 Å². The average Bonchev–Trinajstić information content (AvgIpc) is 2.41. The molecular weight excluding hydrogens is 266 g/mol. The minimum absolute atomic E-state index is 0.183. The highest BCUT2D eigenvalue weighted by atomic mass is 32.2. The number of para-hydroxylation sites is 1. The van der Waals surface area contributed by atoms with Crippen molar-refractivity contribution < 1.29 is 18.8 Å². The summed E-state index contributed by atoms with van der Waals surface area (Å²) in [6.07, 6.45) is 0. The lowest BCUT2D eigenvalue weighted by atomic mass is 10.2. The van der Waals surface area contributed by atoms with Crippen LogP contribution in [-0.4, -0.2) is 57.9 Å². The predicted molar refractivity (Wildman–Crippen MR) is 73.2 cm³/mol. The number of ether oxygens (including phenoxy) is 1. The first-order valence-electron chi connectivity index (χ1n) is 6.19. The minimum Gasteiger partial charge on any atom is -0.491 e. The van der Waals surface area contributed by atoms with Crippen molar-refractivity contribution in [2.75, 3.05) is 37.7 Å². The van der Waals surface area contributed by atoms with Gasteiger partial charge in [0.25, 0.3) is 0 Å². The summed E-state index contributed by atoms with van der Waals surface area (Å²) < 4.78 is 16.7. The summed E-state index contributed by atoms with van der Waals surface area (Å²) in [7, 11) is -0.672. The first-order valence-corrected chi connectivity index (χ1v) is 7.68. The van der Waals surface area contributed by atoms with Crippen molar-refractivity contribution in [1.29, 1.82) is 0 Å². The van der Waals surface area contributed by atoms with Gasteiger partial charge in [-0.2, -0.15) is 0 Å². The topological polar surface area (TPSA) is 66.8 Å². The fraction of sp³-hybridized carbons (Fsp3) is 0.462. The maximum absolute atomic E-state index is 11.2. The minimum atomic E-state index is -0.982. The van der Waals surface area contributed by atoms with Crippen LogP contribution in [0, 0.1) is 0 Å². The average molecular weight is 283 g/mol. The molecule has 5 nitrogen and oxygen atoms in total. The molecule has 6 heteroatoms. The first-order chi connectivity index (χ1) is 9.16. The van der Waals surface area contributed by atoms with Crippen LogP contribution in [0.2, 0.25) is 0 Å². The maximum Gasteiger partial charge on any atom is 0.339 e. The molecule has 104 valence electrons. The van der Waals surface area contributed by atoms with Gasteiger partial charge >= 0.3 is 5.97 Å². The molecule has 2 rings (SSSR count). The Bertz CT molecular complexity index is 467. The van der Waals surface area contributed by atoms with Crippen molar-refractivity contribution in [3.8, 4) is 5.75 Å². The standard InChI is InChI=1S/C13H17NO4S/c15-13(16)11-3-1-2-4-12(11)18-8-5-14-6-9-19(17)10-7-14/h1-4H,5-10H2,(H,15,16). The lowest BCUT2D eigenvalue weighted by Crippen LogP contribution is -2.39. The van der Waals surface area contributed by atoms with Crippen molar-refractivity contribution in [3.05, 3.63) is 29.8 Å². The van der Waals surface area contributed by atoms with E-state index >= 15 is 0 Å². The third-order valence-corrected chi connectivity index (χ3v) is 4.33. The zero-order valence-electron chi connectivity index (χ0n) is 10.6. The fourth-order valence-electron chi connectivity index (χ4n) is 1.95. The highest BCUT2D eigenvalue weighted by Crippen LogP contribution is 2.17. The van der Waals surface area contributed by atoms with Crippen LogP contribution in [0.1, 0.15) is 10.4 Å². The van der Waals surface area contributed by atoms with E-state index in [1.807, 2.05) is 0 Å². The van der Waals surface area contributed by atoms with E-state index in [9.17, 15) is 9.00 Å². The Morgan fingerprint density at radius 1 is 1.32 bits per heavy atom. The van der Waals surface area contributed by atoms with Gasteiger partial charge in [-0.3, -0.25) is 9.11 Å². The van der Waals surface area contributed by atoms with Crippen LogP contribution in [-0.2, 0) is 10.8 Å². The normalized spacial score (nSPS) is 17.3. The molecule has 0 spiro atoms. The van der Waals surface area contributed by atoms with E-state index in [2.05, 4.69) is 4.90 Å². The van der Waals surface area contributed by atoms with Gasteiger partial charge in [0.15, 0.2) is 0 Å². The van der Waals surface area contributed by atoms with E-state index in [4.69, 9.17) is 9.84 Å². The van der Waals surface area contributed by atoms with Crippen molar-refractivity contribution in [2.45, 2.75) is 0 Å². The van der Waals surface area contributed by atoms with Crippen LogP contribution in [0.15, 0.2) is 24.3 Å². The lowest BCUT2D eigenvalue weighted by molar-refractivity contribution is 0.0691. The quantitative estimate of drug-likeness (QED) is 0.867. The number of carbonyl (C=O) groups is 1. The largest absolute Gasteiger partial charge is 0.491 e. The number of benzene rings is 1. The van der Waals surface area contributed by atoms with Crippen molar-refractivity contribution in [3.63, 3.8) is 0 Å². The van der Waals surface area contributed by atoms with Crippen LogP contribution in [0.3, 0.4) is 0 Å². The molecule has 1 saturated heterocycles. The molecule has 1 aromatic rings.